The topological polar surface area (TPSA) is 131 Å². The summed E-state index contributed by atoms with van der Waals surface area (Å²) in [5, 5.41) is 29.5. The number of rotatable bonds is 11. The van der Waals surface area contributed by atoms with Gasteiger partial charge in [0.05, 0.1) is 23.1 Å². The van der Waals surface area contributed by atoms with Crippen LogP contribution in [0.1, 0.15) is 38.7 Å². The summed E-state index contributed by atoms with van der Waals surface area (Å²) in [7, 11) is -3.83. The van der Waals surface area contributed by atoms with Gasteiger partial charge in [0.2, 0.25) is 10.0 Å². The fraction of sp³-hybridized carbons (Fsp3) is 0.556. The molecule has 0 radical (unpaired) electrons. The van der Waals surface area contributed by atoms with Crippen molar-refractivity contribution in [2.75, 3.05) is 19.7 Å². The summed E-state index contributed by atoms with van der Waals surface area (Å²) in [4.78, 5) is 10.5. The van der Waals surface area contributed by atoms with Crippen molar-refractivity contribution < 1.29 is 23.4 Å². The van der Waals surface area contributed by atoms with Crippen molar-refractivity contribution in [1.82, 2.24) is 9.62 Å². The molecule has 27 heavy (non-hydrogen) atoms. The Labute approximate surface area is 160 Å². The smallest absolute Gasteiger partial charge is 0.404 e. The van der Waals surface area contributed by atoms with Crippen LogP contribution in [0.3, 0.4) is 0 Å². The molecule has 0 heterocycles. The minimum atomic E-state index is -3.83. The predicted molar refractivity (Wildman–Crippen MR) is 101 cm³/mol. The Morgan fingerprint density at radius 2 is 1.89 bits per heavy atom. The van der Waals surface area contributed by atoms with Crippen LogP contribution in [-0.2, 0) is 10.0 Å². The lowest BCUT2D eigenvalue weighted by atomic mass is 10.1. The van der Waals surface area contributed by atoms with Crippen LogP contribution >= 0.6 is 0 Å². The number of aliphatic hydroxyl groups is 1. The summed E-state index contributed by atoms with van der Waals surface area (Å²) in [5.41, 5.74) is 0.369. The van der Waals surface area contributed by atoms with Crippen LogP contribution in [0, 0.1) is 17.2 Å². The van der Waals surface area contributed by atoms with E-state index >= 15 is 0 Å². The van der Waals surface area contributed by atoms with Gasteiger partial charge in [-0.3, -0.25) is 0 Å². The molecule has 9 heteroatoms. The van der Waals surface area contributed by atoms with Crippen LogP contribution in [0.15, 0.2) is 29.2 Å². The number of unbranched alkanes of at least 4 members (excludes halogenated alkanes) is 1. The molecule has 0 aromatic heterocycles. The maximum Gasteiger partial charge on any atom is 0.404 e. The number of aliphatic hydroxyl groups excluding tert-OH is 1. The van der Waals surface area contributed by atoms with E-state index < -0.39 is 22.2 Å². The standard InChI is InChI=1S/C18H27N3O5S/c1-14(2)12-21(16(13-22)5-3-4-10-20-18(23)24)27(25,26)17-8-6-15(11-19)7-9-17/h6-9,14,16,20,22H,3-5,10,12-13H2,1-2H3,(H,23,24). The third-order valence-electron chi connectivity index (χ3n) is 3.99. The second-order valence-corrected chi connectivity index (χ2v) is 8.56. The van der Waals surface area contributed by atoms with Crippen LogP contribution in [0.2, 0.25) is 0 Å². The van der Waals surface area contributed by atoms with Crippen molar-refractivity contribution in [2.45, 2.75) is 44.0 Å². The predicted octanol–water partition coefficient (Wildman–Crippen LogP) is 2.00. The molecular weight excluding hydrogens is 370 g/mol. The quantitative estimate of drug-likeness (QED) is 0.490. The number of carboxylic acid groups (broad SMARTS) is 1. The van der Waals surface area contributed by atoms with Gasteiger partial charge in [0.25, 0.3) is 0 Å². The summed E-state index contributed by atoms with van der Waals surface area (Å²) >= 11 is 0. The average Bonchev–Trinajstić information content (AvgIpc) is 2.62. The van der Waals surface area contributed by atoms with Gasteiger partial charge in [-0.05, 0) is 43.0 Å². The van der Waals surface area contributed by atoms with Gasteiger partial charge in [-0.2, -0.15) is 9.57 Å². The Morgan fingerprint density at radius 3 is 2.37 bits per heavy atom. The van der Waals surface area contributed by atoms with E-state index in [1.165, 1.54) is 28.6 Å². The van der Waals surface area contributed by atoms with Crippen LogP contribution in [-0.4, -0.2) is 54.8 Å². The normalized spacial score (nSPS) is 12.7. The Kier molecular flexibility index (Phi) is 9.21. The molecule has 1 aromatic rings. The largest absolute Gasteiger partial charge is 0.465 e. The monoisotopic (exact) mass is 397 g/mol. The van der Waals surface area contributed by atoms with Gasteiger partial charge in [0.1, 0.15) is 0 Å². The summed E-state index contributed by atoms with van der Waals surface area (Å²) in [6, 6.07) is 7.04. The van der Waals surface area contributed by atoms with Crippen molar-refractivity contribution in [1.29, 1.82) is 5.26 Å². The van der Waals surface area contributed by atoms with E-state index in [0.29, 0.717) is 24.8 Å². The summed E-state index contributed by atoms with van der Waals surface area (Å²) < 4.78 is 27.5. The van der Waals surface area contributed by atoms with Crippen LogP contribution in [0.5, 0.6) is 0 Å². The number of benzene rings is 1. The third kappa shape index (κ3) is 7.17. The summed E-state index contributed by atoms with van der Waals surface area (Å²) in [6.45, 7) is 3.99. The zero-order chi connectivity index (χ0) is 20.4. The maximum atomic E-state index is 13.1. The zero-order valence-corrected chi connectivity index (χ0v) is 16.4. The second-order valence-electron chi connectivity index (χ2n) is 6.67. The molecule has 0 saturated carbocycles. The highest BCUT2D eigenvalue weighted by Gasteiger charge is 2.31. The van der Waals surface area contributed by atoms with Gasteiger partial charge in [-0.25, -0.2) is 13.2 Å². The van der Waals surface area contributed by atoms with Crippen molar-refractivity contribution in [3.8, 4) is 6.07 Å². The number of nitriles is 1. The first kappa shape index (κ1) is 22.9. The van der Waals surface area contributed by atoms with Gasteiger partial charge in [-0.15, -0.1) is 0 Å². The fourth-order valence-electron chi connectivity index (χ4n) is 2.67. The first-order valence-corrected chi connectivity index (χ1v) is 10.3. The zero-order valence-electron chi connectivity index (χ0n) is 15.6. The Hall–Kier alpha value is -2.15. The number of nitrogens with one attached hydrogen (secondary N) is 1. The van der Waals surface area contributed by atoms with E-state index in [9.17, 15) is 18.3 Å². The third-order valence-corrected chi connectivity index (χ3v) is 5.93. The van der Waals surface area contributed by atoms with Crippen molar-refractivity contribution >= 4 is 16.1 Å². The minimum absolute atomic E-state index is 0.0564. The average molecular weight is 397 g/mol. The van der Waals surface area contributed by atoms with Gasteiger partial charge in [0.15, 0.2) is 0 Å². The fourth-order valence-corrected chi connectivity index (χ4v) is 4.48. The van der Waals surface area contributed by atoms with Crippen molar-refractivity contribution in [2.24, 2.45) is 5.92 Å². The van der Waals surface area contributed by atoms with E-state index in [4.69, 9.17) is 10.4 Å². The molecule has 0 bridgehead atoms. The SMILES string of the molecule is CC(C)CN(C(CO)CCCCNC(=O)O)S(=O)(=O)c1ccc(C#N)cc1. The Bertz CT molecular complexity index is 741. The molecule has 1 rings (SSSR count). The molecule has 0 aliphatic heterocycles. The minimum Gasteiger partial charge on any atom is -0.465 e. The molecule has 1 atom stereocenters. The van der Waals surface area contributed by atoms with Crippen LogP contribution in [0.25, 0.3) is 0 Å². The molecule has 150 valence electrons. The number of hydrogen-bond acceptors (Lipinski definition) is 5. The molecule has 0 aliphatic rings. The molecular formula is C18H27N3O5S. The van der Waals surface area contributed by atoms with Crippen LogP contribution < -0.4 is 5.32 Å². The van der Waals surface area contributed by atoms with Crippen molar-refractivity contribution in [3.63, 3.8) is 0 Å². The van der Waals surface area contributed by atoms with Crippen molar-refractivity contribution in [3.05, 3.63) is 29.8 Å². The van der Waals surface area contributed by atoms with E-state index in [-0.39, 0.29) is 30.5 Å². The first-order valence-electron chi connectivity index (χ1n) is 8.82. The van der Waals surface area contributed by atoms with E-state index in [1.807, 2.05) is 19.9 Å². The number of hydrogen-bond donors (Lipinski definition) is 3. The van der Waals surface area contributed by atoms with Gasteiger partial charge in [0, 0.05) is 19.1 Å². The number of nitrogens with zero attached hydrogens (tertiary/aromatic N) is 2. The van der Waals surface area contributed by atoms with Gasteiger partial charge in [-0.1, -0.05) is 20.3 Å². The lowest BCUT2D eigenvalue weighted by molar-refractivity contribution is 0.167. The Balaban J connectivity index is 2.95. The molecule has 0 saturated heterocycles. The molecule has 1 unspecified atom stereocenters. The molecule has 0 aliphatic carbocycles. The summed E-state index contributed by atoms with van der Waals surface area (Å²) in [5.74, 6) is 0.0564. The van der Waals surface area contributed by atoms with E-state index in [1.54, 1.807) is 0 Å². The lowest BCUT2D eigenvalue weighted by Crippen LogP contribution is -2.44. The number of carbonyl (C=O) groups is 1. The molecule has 0 spiro atoms. The van der Waals surface area contributed by atoms with E-state index in [2.05, 4.69) is 5.32 Å². The van der Waals surface area contributed by atoms with E-state index in [0.717, 1.165) is 0 Å². The molecule has 3 N–H and O–H groups in total. The number of sulfonamides is 1. The van der Waals surface area contributed by atoms with Crippen LogP contribution in [0.4, 0.5) is 4.79 Å². The highest BCUT2D eigenvalue weighted by Crippen LogP contribution is 2.22. The molecule has 1 aromatic carbocycles. The number of amides is 1. The first-order chi connectivity index (χ1) is 12.7. The maximum absolute atomic E-state index is 13.1. The Morgan fingerprint density at radius 1 is 1.26 bits per heavy atom. The second kappa shape index (κ2) is 10.9. The lowest BCUT2D eigenvalue weighted by Gasteiger charge is -2.31. The van der Waals surface area contributed by atoms with Gasteiger partial charge < -0.3 is 15.5 Å². The van der Waals surface area contributed by atoms with Gasteiger partial charge >= 0.3 is 6.09 Å². The highest BCUT2D eigenvalue weighted by atomic mass is 32.2. The summed E-state index contributed by atoms with van der Waals surface area (Å²) in [6.07, 6.45) is 0.441. The molecule has 1 amide bonds. The highest BCUT2D eigenvalue weighted by molar-refractivity contribution is 7.89. The molecule has 8 nitrogen and oxygen atoms in total. The molecule has 0 fully saturated rings.